The molecule has 0 radical (unpaired) electrons. The monoisotopic (exact) mass is 361 g/mol. The second-order valence-electron chi connectivity index (χ2n) is 5.11. The van der Waals surface area contributed by atoms with Crippen molar-refractivity contribution in [2.75, 3.05) is 23.0 Å². The van der Waals surface area contributed by atoms with Crippen LogP contribution in [0.2, 0.25) is 5.02 Å². The summed E-state index contributed by atoms with van der Waals surface area (Å²) >= 11 is 5.76. The Labute approximate surface area is 149 Å². The summed E-state index contributed by atoms with van der Waals surface area (Å²) in [6.45, 7) is 0.936. The Bertz CT molecular complexity index is 806. The Hall–Kier alpha value is -3.06. The van der Waals surface area contributed by atoms with Crippen LogP contribution in [-0.2, 0) is 14.3 Å². The summed E-state index contributed by atoms with van der Waals surface area (Å²) in [5, 5.41) is 5.58. The quantitative estimate of drug-likeness (QED) is 0.560. The number of nitrogens with one attached hydrogen (secondary N) is 2. The number of carbonyl (C=O) groups excluding carboxylic acids is 3. The summed E-state index contributed by atoms with van der Waals surface area (Å²) in [6.07, 6.45) is 0. The van der Waals surface area contributed by atoms with Gasteiger partial charge in [-0.2, -0.15) is 0 Å². The molecule has 0 aliphatic carbocycles. The first-order valence-electron chi connectivity index (χ1n) is 7.25. The largest absolute Gasteiger partial charge is 0.452 e. The third-order valence-corrected chi connectivity index (χ3v) is 3.29. The van der Waals surface area contributed by atoms with E-state index in [4.69, 9.17) is 22.1 Å². The van der Waals surface area contributed by atoms with Crippen LogP contribution in [0.3, 0.4) is 0 Å². The fourth-order valence-electron chi connectivity index (χ4n) is 1.97. The molecule has 25 heavy (non-hydrogen) atoms. The molecular weight excluding hydrogens is 346 g/mol. The SMILES string of the molecule is CC(=O)Nc1ccc(NC(=O)COC(=O)c2ccc(Cl)cc2N)cc1. The normalized spacial score (nSPS) is 10.0. The maximum absolute atomic E-state index is 11.9. The van der Waals surface area contributed by atoms with Gasteiger partial charge in [0.1, 0.15) is 0 Å². The van der Waals surface area contributed by atoms with Crippen molar-refractivity contribution in [1.29, 1.82) is 0 Å². The van der Waals surface area contributed by atoms with Gasteiger partial charge in [-0.25, -0.2) is 4.79 Å². The Balaban J connectivity index is 1.87. The first-order valence-corrected chi connectivity index (χ1v) is 7.62. The highest BCUT2D eigenvalue weighted by molar-refractivity contribution is 6.31. The molecule has 130 valence electrons. The molecule has 2 rings (SSSR count). The second-order valence-corrected chi connectivity index (χ2v) is 5.55. The predicted molar refractivity (Wildman–Crippen MR) is 95.5 cm³/mol. The lowest BCUT2D eigenvalue weighted by Gasteiger charge is -2.09. The molecule has 0 saturated heterocycles. The molecule has 8 heteroatoms. The summed E-state index contributed by atoms with van der Waals surface area (Å²) in [6, 6.07) is 10.9. The molecule has 0 unspecified atom stereocenters. The van der Waals surface area contributed by atoms with E-state index < -0.39 is 18.5 Å². The number of ether oxygens (including phenoxy) is 1. The molecule has 2 aromatic carbocycles. The number of esters is 1. The van der Waals surface area contributed by atoms with E-state index in [-0.39, 0.29) is 17.2 Å². The van der Waals surface area contributed by atoms with Crippen LogP contribution in [0.1, 0.15) is 17.3 Å². The average molecular weight is 362 g/mol. The van der Waals surface area contributed by atoms with Crippen LogP contribution in [0.25, 0.3) is 0 Å². The zero-order chi connectivity index (χ0) is 18.4. The van der Waals surface area contributed by atoms with Crippen LogP contribution in [0, 0.1) is 0 Å². The first kappa shape index (κ1) is 18.3. The van der Waals surface area contributed by atoms with Crippen molar-refractivity contribution in [2.24, 2.45) is 0 Å². The molecule has 7 nitrogen and oxygen atoms in total. The van der Waals surface area contributed by atoms with Gasteiger partial charge in [-0.15, -0.1) is 0 Å². The van der Waals surface area contributed by atoms with Gasteiger partial charge < -0.3 is 21.1 Å². The van der Waals surface area contributed by atoms with Gasteiger partial charge in [0, 0.05) is 29.0 Å². The van der Waals surface area contributed by atoms with Gasteiger partial charge in [-0.3, -0.25) is 9.59 Å². The van der Waals surface area contributed by atoms with Crippen molar-refractivity contribution >= 4 is 46.4 Å². The smallest absolute Gasteiger partial charge is 0.340 e. The van der Waals surface area contributed by atoms with E-state index in [0.29, 0.717) is 16.4 Å². The highest BCUT2D eigenvalue weighted by Crippen LogP contribution is 2.19. The second kappa shape index (κ2) is 8.16. The molecule has 0 aliphatic heterocycles. The minimum Gasteiger partial charge on any atom is -0.452 e. The van der Waals surface area contributed by atoms with E-state index in [2.05, 4.69) is 10.6 Å². The minimum atomic E-state index is -0.717. The molecule has 2 amide bonds. The van der Waals surface area contributed by atoms with E-state index in [1.54, 1.807) is 24.3 Å². The van der Waals surface area contributed by atoms with E-state index >= 15 is 0 Å². The van der Waals surface area contributed by atoms with E-state index in [9.17, 15) is 14.4 Å². The third-order valence-electron chi connectivity index (χ3n) is 3.06. The summed E-state index contributed by atoms with van der Waals surface area (Å²) in [5.74, 6) is -1.41. The first-order chi connectivity index (χ1) is 11.8. The standard InChI is InChI=1S/C17H16ClN3O4/c1-10(22)20-12-3-5-13(6-4-12)21-16(23)9-25-17(24)14-7-2-11(18)8-15(14)19/h2-8H,9,19H2,1H3,(H,20,22)(H,21,23). The Kier molecular flexibility index (Phi) is 5.97. The number of hydrogen-bond donors (Lipinski definition) is 3. The molecule has 0 saturated carbocycles. The van der Waals surface area contributed by atoms with Crippen LogP contribution in [0.5, 0.6) is 0 Å². The summed E-state index contributed by atoms with van der Waals surface area (Å²) < 4.78 is 4.93. The van der Waals surface area contributed by atoms with Crippen LogP contribution < -0.4 is 16.4 Å². The number of hydrogen-bond acceptors (Lipinski definition) is 5. The van der Waals surface area contributed by atoms with Crippen molar-refractivity contribution < 1.29 is 19.1 Å². The summed E-state index contributed by atoms with van der Waals surface area (Å²) in [4.78, 5) is 34.7. The van der Waals surface area contributed by atoms with Gasteiger partial charge in [-0.05, 0) is 42.5 Å². The lowest BCUT2D eigenvalue weighted by Crippen LogP contribution is -2.21. The van der Waals surface area contributed by atoms with E-state index in [0.717, 1.165) is 0 Å². The maximum atomic E-state index is 11.9. The van der Waals surface area contributed by atoms with Gasteiger partial charge in [0.05, 0.1) is 5.56 Å². The number of rotatable bonds is 5. The third kappa shape index (κ3) is 5.50. The highest BCUT2D eigenvalue weighted by atomic mass is 35.5. The molecule has 0 atom stereocenters. The number of nitrogen functional groups attached to an aromatic ring is 1. The molecule has 4 N–H and O–H groups in total. The predicted octanol–water partition coefficient (Wildman–Crippen LogP) is 2.68. The maximum Gasteiger partial charge on any atom is 0.340 e. The number of nitrogens with two attached hydrogens (primary N) is 1. The van der Waals surface area contributed by atoms with Gasteiger partial charge >= 0.3 is 5.97 Å². The van der Waals surface area contributed by atoms with Crippen LogP contribution in [-0.4, -0.2) is 24.4 Å². The number of anilines is 3. The number of carbonyl (C=O) groups is 3. The fourth-order valence-corrected chi connectivity index (χ4v) is 2.15. The van der Waals surface area contributed by atoms with Gasteiger partial charge in [0.25, 0.3) is 5.91 Å². The minimum absolute atomic E-state index is 0.136. The molecule has 0 aliphatic rings. The molecule has 0 bridgehead atoms. The van der Waals surface area contributed by atoms with Gasteiger partial charge in [0.15, 0.2) is 6.61 Å². The summed E-state index contributed by atoms with van der Waals surface area (Å²) in [5.41, 5.74) is 7.10. The van der Waals surface area contributed by atoms with Crippen LogP contribution in [0.15, 0.2) is 42.5 Å². The Morgan fingerprint density at radius 1 is 1.04 bits per heavy atom. The van der Waals surface area contributed by atoms with Crippen molar-refractivity contribution in [2.45, 2.75) is 6.92 Å². The van der Waals surface area contributed by atoms with Crippen LogP contribution >= 0.6 is 11.6 Å². The van der Waals surface area contributed by atoms with Gasteiger partial charge in [0.2, 0.25) is 5.91 Å². The molecule has 2 aromatic rings. The van der Waals surface area contributed by atoms with Crippen molar-refractivity contribution in [3.8, 4) is 0 Å². The molecule has 0 spiro atoms. The lowest BCUT2D eigenvalue weighted by molar-refractivity contribution is -0.119. The molecule has 0 aromatic heterocycles. The summed E-state index contributed by atoms with van der Waals surface area (Å²) in [7, 11) is 0. The topological polar surface area (TPSA) is 111 Å². The van der Waals surface area contributed by atoms with Crippen molar-refractivity contribution in [1.82, 2.24) is 0 Å². The fraction of sp³-hybridized carbons (Fsp3) is 0.118. The zero-order valence-electron chi connectivity index (χ0n) is 13.3. The van der Waals surface area contributed by atoms with Crippen molar-refractivity contribution in [3.63, 3.8) is 0 Å². The van der Waals surface area contributed by atoms with Gasteiger partial charge in [-0.1, -0.05) is 11.6 Å². The molecular formula is C17H16ClN3O4. The Morgan fingerprint density at radius 3 is 2.20 bits per heavy atom. The Morgan fingerprint density at radius 2 is 1.64 bits per heavy atom. The number of benzene rings is 2. The average Bonchev–Trinajstić information content (AvgIpc) is 2.54. The number of halogens is 1. The van der Waals surface area contributed by atoms with E-state index in [1.165, 1.54) is 25.1 Å². The van der Waals surface area contributed by atoms with Crippen molar-refractivity contribution in [3.05, 3.63) is 53.1 Å². The lowest BCUT2D eigenvalue weighted by atomic mass is 10.2. The van der Waals surface area contributed by atoms with E-state index in [1.807, 2.05) is 0 Å². The molecule has 0 heterocycles. The number of amides is 2. The van der Waals surface area contributed by atoms with Crippen LogP contribution in [0.4, 0.5) is 17.1 Å². The molecule has 0 fully saturated rings. The zero-order valence-corrected chi connectivity index (χ0v) is 14.1. The highest BCUT2D eigenvalue weighted by Gasteiger charge is 2.13.